The Bertz CT molecular complexity index is 2280. The molecule has 0 bridgehead atoms. The molecule has 1 heteroatoms. The zero-order valence-corrected chi connectivity index (χ0v) is 26.0. The Morgan fingerprint density at radius 3 is 1.65 bits per heavy atom. The number of hydrogen-bond donors (Lipinski definition) is 0. The van der Waals surface area contributed by atoms with E-state index in [0.29, 0.717) is 5.56 Å². The van der Waals surface area contributed by atoms with Crippen LogP contribution in [0.25, 0.3) is 45.1 Å². The Kier molecular flexibility index (Phi) is 6.33. The van der Waals surface area contributed by atoms with Gasteiger partial charge in [-0.25, -0.2) is 0 Å². The van der Waals surface area contributed by atoms with Gasteiger partial charge in [-0.2, -0.15) is 0 Å². The molecule has 0 fully saturated rings. The SMILES string of the molecule is [2H]/C(=C(/[2H])c1ccc2c(c1)C(C)(C)c1cc(-c3ccc4ccccc4c3)ccc1-2)c1ccc(N(c2ccccc2)c2ccccc2)cc1. The summed E-state index contributed by atoms with van der Waals surface area (Å²) in [6.45, 7) is 4.54. The van der Waals surface area contributed by atoms with Gasteiger partial charge in [-0.05, 0) is 104 Å². The first-order valence-corrected chi connectivity index (χ1v) is 15.9. The molecule has 7 aromatic carbocycles. The van der Waals surface area contributed by atoms with E-state index in [1.54, 1.807) is 0 Å². The normalized spacial score (nSPS) is 14.1. The maximum Gasteiger partial charge on any atom is 0.0629 e. The molecule has 0 radical (unpaired) electrons. The van der Waals surface area contributed by atoms with E-state index in [1.807, 2.05) is 66.7 Å². The highest BCUT2D eigenvalue weighted by molar-refractivity contribution is 5.89. The van der Waals surface area contributed by atoms with Crippen LogP contribution in [0, 0.1) is 0 Å². The monoisotopic (exact) mass is 591 g/mol. The standard InChI is InChI=1S/C45H35N/c1-45(2)43-29-33(18-17-32-19-25-40(26-20-32)46(38-13-5-3-6-14-38)39-15-7-4-8-16-39)21-27-41(43)42-28-24-37(31-44(42)45)36-23-22-34-11-9-10-12-35(34)30-36/h3-31H,1-2H3/b18-17+/i17D,18D. The topological polar surface area (TPSA) is 3.24 Å². The molecule has 0 aliphatic heterocycles. The summed E-state index contributed by atoms with van der Waals surface area (Å²) in [5, 5.41) is 2.48. The lowest BCUT2D eigenvalue weighted by Crippen LogP contribution is -2.15. The minimum Gasteiger partial charge on any atom is -0.311 e. The molecule has 0 saturated carbocycles. The van der Waals surface area contributed by atoms with Crippen molar-refractivity contribution in [2.75, 3.05) is 4.90 Å². The fourth-order valence-corrected chi connectivity index (χ4v) is 6.80. The van der Waals surface area contributed by atoms with Crippen LogP contribution in [0.5, 0.6) is 0 Å². The minimum absolute atomic E-state index is 0.208. The van der Waals surface area contributed by atoms with Crippen LogP contribution in [0.1, 0.15) is 38.8 Å². The summed E-state index contributed by atoms with van der Waals surface area (Å²) in [5.41, 5.74) is 11.7. The molecule has 220 valence electrons. The minimum atomic E-state index is -0.240. The Morgan fingerprint density at radius 1 is 0.457 bits per heavy atom. The number of fused-ring (bicyclic) bond motifs is 4. The lowest BCUT2D eigenvalue weighted by molar-refractivity contribution is 0.660. The van der Waals surface area contributed by atoms with Crippen LogP contribution in [0.2, 0.25) is 0 Å². The van der Waals surface area contributed by atoms with Crippen LogP contribution in [0.4, 0.5) is 17.1 Å². The van der Waals surface area contributed by atoms with Crippen molar-refractivity contribution in [2.45, 2.75) is 19.3 Å². The van der Waals surface area contributed by atoms with E-state index in [-0.39, 0.29) is 17.5 Å². The van der Waals surface area contributed by atoms with E-state index in [0.717, 1.165) is 22.6 Å². The van der Waals surface area contributed by atoms with Crippen LogP contribution < -0.4 is 4.90 Å². The van der Waals surface area contributed by atoms with Crippen molar-refractivity contribution in [2.24, 2.45) is 0 Å². The molecule has 0 unspecified atom stereocenters. The average Bonchev–Trinajstić information content (AvgIpc) is 3.37. The van der Waals surface area contributed by atoms with Crippen molar-refractivity contribution in [3.63, 3.8) is 0 Å². The van der Waals surface area contributed by atoms with E-state index >= 15 is 0 Å². The fraction of sp³-hybridized carbons (Fsp3) is 0.0667. The van der Waals surface area contributed by atoms with Crippen molar-refractivity contribution >= 4 is 39.9 Å². The van der Waals surface area contributed by atoms with Gasteiger partial charge in [0.2, 0.25) is 0 Å². The summed E-state index contributed by atoms with van der Waals surface area (Å²) in [6.07, 6.45) is 0. The summed E-state index contributed by atoms with van der Waals surface area (Å²) in [7, 11) is 0. The smallest absolute Gasteiger partial charge is 0.0629 e. The lowest BCUT2D eigenvalue weighted by atomic mass is 9.81. The van der Waals surface area contributed by atoms with Gasteiger partial charge >= 0.3 is 0 Å². The van der Waals surface area contributed by atoms with Crippen LogP contribution in [0.15, 0.2) is 164 Å². The molecule has 8 rings (SSSR count). The third kappa shape index (κ3) is 5.01. The summed E-state index contributed by atoms with van der Waals surface area (Å²) in [6, 6.07) is 57.2. The van der Waals surface area contributed by atoms with Gasteiger partial charge < -0.3 is 4.90 Å². The van der Waals surface area contributed by atoms with Crippen LogP contribution in [0.3, 0.4) is 0 Å². The van der Waals surface area contributed by atoms with Crippen molar-refractivity contribution < 1.29 is 2.74 Å². The van der Waals surface area contributed by atoms with Crippen molar-refractivity contribution in [3.8, 4) is 22.3 Å². The number of nitrogens with zero attached hydrogens (tertiary/aromatic N) is 1. The Morgan fingerprint density at radius 2 is 0.957 bits per heavy atom. The number of anilines is 3. The highest BCUT2D eigenvalue weighted by Gasteiger charge is 2.35. The van der Waals surface area contributed by atoms with Gasteiger partial charge in [0.25, 0.3) is 0 Å². The van der Waals surface area contributed by atoms with E-state index in [9.17, 15) is 0 Å². The van der Waals surface area contributed by atoms with Crippen LogP contribution in [-0.2, 0) is 5.41 Å². The molecule has 0 heterocycles. The van der Waals surface area contributed by atoms with Gasteiger partial charge in [-0.1, -0.05) is 141 Å². The zero-order valence-electron chi connectivity index (χ0n) is 28.0. The first-order chi connectivity index (χ1) is 23.4. The molecule has 1 aliphatic carbocycles. The highest BCUT2D eigenvalue weighted by atomic mass is 15.1. The Hall–Kier alpha value is -5.66. The molecule has 46 heavy (non-hydrogen) atoms. The largest absolute Gasteiger partial charge is 0.311 e. The maximum atomic E-state index is 9.11. The van der Waals surface area contributed by atoms with Crippen LogP contribution in [-0.4, -0.2) is 0 Å². The number of hydrogen-bond acceptors (Lipinski definition) is 1. The van der Waals surface area contributed by atoms with E-state index in [2.05, 4.69) is 116 Å². The third-order valence-corrected chi connectivity index (χ3v) is 9.26. The van der Waals surface area contributed by atoms with Gasteiger partial charge in [0.05, 0.1) is 2.74 Å². The highest BCUT2D eigenvalue weighted by Crippen LogP contribution is 2.50. The first kappa shape index (κ1) is 25.6. The zero-order chi connectivity index (χ0) is 32.8. The Labute approximate surface area is 274 Å². The predicted molar refractivity (Wildman–Crippen MR) is 197 cm³/mol. The molecule has 0 N–H and O–H groups in total. The lowest BCUT2D eigenvalue weighted by Gasteiger charge is -2.25. The molecular weight excluding hydrogens is 555 g/mol. The first-order valence-electron chi connectivity index (χ1n) is 16.9. The second-order valence-electron chi connectivity index (χ2n) is 12.5. The number of para-hydroxylation sites is 2. The molecule has 0 amide bonds. The Balaban J connectivity index is 1.11. The predicted octanol–water partition coefficient (Wildman–Crippen LogP) is 12.5. The van der Waals surface area contributed by atoms with Gasteiger partial charge in [0.1, 0.15) is 0 Å². The third-order valence-electron chi connectivity index (χ3n) is 9.26. The van der Waals surface area contributed by atoms with Gasteiger partial charge in [0, 0.05) is 22.5 Å². The molecule has 0 aromatic heterocycles. The number of rotatable bonds is 6. The van der Waals surface area contributed by atoms with Crippen molar-refractivity contribution in [1.29, 1.82) is 0 Å². The summed E-state index contributed by atoms with van der Waals surface area (Å²) in [5.74, 6) is 0. The second-order valence-corrected chi connectivity index (χ2v) is 12.5. The van der Waals surface area contributed by atoms with Gasteiger partial charge in [-0.3, -0.25) is 0 Å². The summed E-state index contributed by atoms with van der Waals surface area (Å²) < 4.78 is 18.2. The van der Waals surface area contributed by atoms with Crippen molar-refractivity contribution in [1.82, 2.24) is 0 Å². The average molecular weight is 592 g/mol. The maximum absolute atomic E-state index is 9.11. The van der Waals surface area contributed by atoms with Crippen LogP contribution >= 0.6 is 0 Å². The molecule has 7 aromatic rings. The van der Waals surface area contributed by atoms with Crippen molar-refractivity contribution in [3.05, 3.63) is 186 Å². The molecule has 0 atom stereocenters. The summed E-state index contributed by atoms with van der Waals surface area (Å²) >= 11 is 0. The molecular formula is C45H35N. The fourth-order valence-electron chi connectivity index (χ4n) is 6.80. The van der Waals surface area contributed by atoms with Gasteiger partial charge in [0.15, 0.2) is 0 Å². The van der Waals surface area contributed by atoms with E-state index in [4.69, 9.17) is 2.74 Å². The molecule has 1 aliphatic rings. The van der Waals surface area contributed by atoms with Gasteiger partial charge in [-0.15, -0.1) is 0 Å². The summed E-state index contributed by atoms with van der Waals surface area (Å²) in [4.78, 5) is 2.20. The molecule has 1 nitrogen and oxygen atoms in total. The molecule has 0 saturated heterocycles. The second kappa shape index (κ2) is 11.4. The van der Waals surface area contributed by atoms with E-state index in [1.165, 1.54) is 44.2 Å². The number of benzene rings is 7. The van der Waals surface area contributed by atoms with E-state index < -0.39 is 0 Å². The quantitative estimate of drug-likeness (QED) is 0.174. The molecule has 0 spiro atoms.